The number of amides is 3. The van der Waals surface area contributed by atoms with E-state index in [9.17, 15) is 14.4 Å². The van der Waals surface area contributed by atoms with E-state index in [0.29, 0.717) is 29.0 Å². The molecule has 3 rings (SSSR count). The molecule has 3 aromatic carbocycles. The van der Waals surface area contributed by atoms with Crippen molar-refractivity contribution < 1.29 is 14.4 Å². The summed E-state index contributed by atoms with van der Waals surface area (Å²) in [6.07, 6.45) is 0. The molecular weight excluding hydrogens is 428 g/mol. The largest absolute Gasteiger partial charge is 0.376 e. The Hall–Kier alpha value is -4.13. The summed E-state index contributed by atoms with van der Waals surface area (Å²) in [6, 6.07) is 23.4. The summed E-state index contributed by atoms with van der Waals surface area (Å²) in [5.41, 5.74) is 2.95. The number of carbonyl (C=O) groups is 3. The molecule has 0 aliphatic carbocycles. The SMILES string of the molecule is CC(C)(C)NC(=O)c1cccc(NC(=O)CNc2ccc(C(=O)NCc3ccccc3)cc2)c1. The monoisotopic (exact) mass is 458 g/mol. The zero-order valence-corrected chi connectivity index (χ0v) is 19.6. The van der Waals surface area contributed by atoms with Gasteiger partial charge in [0.05, 0.1) is 6.54 Å². The molecule has 0 aliphatic rings. The van der Waals surface area contributed by atoms with Crippen molar-refractivity contribution in [2.45, 2.75) is 32.9 Å². The Morgan fingerprint density at radius 3 is 2.12 bits per heavy atom. The molecule has 0 aliphatic heterocycles. The van der Waals surface area contributed by atoms with Crippen LogP contribution in [0.4, 0.5) is 11.4 Å². The molecule has 3 aromatic rings. The molecular formula is C27H30N4O3. The van der Waals surface area contributed by atoms with Gasteiger partial charge in [-0.15, -0.1) is 0 Å². The number of carbonyl (C=O) groups excluding carboxylic acids is 3. The highest BCUT2D eigenvalue weighted by Crippen LogP contribution is 2.13. The summed E-state index contributed by atoms with van der Waals surface area (Å²) in [5.74, 6) is -0.615. The third-order valence-electron chi connectivity index (χ3n) is 4.79. The van der Waals surface area contributed by atoms with Crippen LogP contribution in [0.3, 0.4) is 0 Å². The van der Waals surface area contributed by atoms with Crippen molar-refractivity contribution in [2.75, 3.05) is 17.2 Å². The molecule has 34 heavy (non-hydrogen) atoms. The first kappa shape index (κ1) is 24.5. The zero-order chi connectivity index (χ0) is 24.6. The summed E-state index contributed by atoms with van der Waals surface area (Å²) in [7, 11) is 0. The van der Waals surface area contributed by atoms with E-state index in [4.69, 9.17) is 0 Å². The van der Waals surface area contributed by atoms with Gasteiger partial charge in [-0.2, -0.15) is 0 Å². The number of hydrogen-bond acceptors (Lipinski definition) is 4. The summed E-state index contributed by atoms with van der Waals surface area (Å²) < 4.78 is 0. The highest BCUT2D eigenvalue weighted by atomic mass is 16.2. The normalized spacial score (nSPS) is 10.8. The first-order chi connectivity index (χ1) is 16.2. The van der Waals surface area contributed by atoms with E-state index in [0.717, 1.165) is 5.56 Å². The minimum Gasteiger partial charge on any atom is -0.376 e. The van der Waals surface area contributed by atoms with Crippen LogP contribution in [-0.4, -0.2) is 29.8 Å². The smallest absolute Gasteiger partial charge is 0.251 e. The average Bonchev–Trinajstić information content (AvgIpc) is 2.81. The maximum Gasteiger partial charge on any atom is 0.251 e. The van der Waals surface area contributed by atoms with Gasteiger partial charge < -0.3 is 21.3 Å². The Morgan fingerprint density at radius 2 is 1.44 bits per heavy atom. The van der Waals surface area contributed by atoms with E-state index in [1.165, 1.54) is 0 Å². The molecule has 7 nitrogen and oxygen atoms in total. The van der Waals surface area contributed by atoms with E-state index in [-0.39, 0.29) is 29.8 Å². The number of anilines is 2. The predicted molar refractivity (Wildman–Crippen MR) is 135 cm³/mol. The van der Waals surface area contributed by atoms with Gasteiger partial charge in [-0.25, -0.2) is 0 Å². The minimum atomic E-state index is -0.349. The Kier molecular flexibility index (Phi) is 8.03. The maximum atomic E-state index is 12.4. The molecule has 0 saturated heterocycles. The van der Waals surface area contributed by atoms with Crippen molar-refractivity contribution in [1.29, 1.82) is 0 Å². The summed E-state index contributed by atoms with van der Waals surface area (Å²) in [4.78, 5) is 37.0. The Balaban J connectivity index is 1.48. The zero-order valence-electron chi connectivity index (χ0n) is 19.6. The van der Waals surface area contributed by atoms with Crippen LogP contribution in [0, 0.1) is 0 Å². The van der Waals surface area contributed by atoms with E-state index >= 15 is 0 Å². The lowest BCUT2D eigenvalue weighted by molar-refractivity contribution is -0.114. The van der Waals surface area contributed by atoms with Crippen molar-refractivity contribution >= 4 is 29.1 Å². The van der Waals surface area contributed by atoms with Gasteiger partial charge in [0.2, 0.25) is 5.91 Å². The molecule has 0 radical (unpaired) electrons. The van der Waals surface area contributed by atoms with E-state index in [1.54, 1.807) is 48.5 Å². The fourth-order valence-corrected chi connectivity index (χ4v) is 3.16. The fraction of sp³-hybridized carbons (Fsp3) is 0.222. The number of hydrogen-bond donors (Lipinski definition) is 4. The van der Waals surface area contributed by atoms with Gasteiger partial charge in [-0.3, -0.25) is 14.4 Å². The van der Waals surface area contributed by atoms with Crippen LogP contribution in [-0.2, 0) is 11.3 Å². The quantitative estimate of drug-likeness (QED) is 0.407. The van der Waals surface area contributed by atoms with Crippen LogP contribution in [0.25, 0.3) is 0 Å². The molecule has 0 unspecified atom stereocenters. The molecule has 4 N–H and O–H groups in total. The standard InChI is InChI=1S/C27H30N4O3/c1-27(2,3)31-26(34)21-10-7-11-23(16-21)30-24(32)18-28-22-14-12-20(13-15-22)25(33)29-17-19-8-5-4-6-9-19/h4-16,28H,17-18H2,1-3H3,(H,29,33)(H,30,32)(H,31,34). The first-order valence-electron chi connectivity index (χ1n) is 11.1. The fourth-order valence-electron chi connectivity index (χ4n) is 3.16. The summed E-state index contributed by atoms with van der Waals surface area (Å²) in [6.45, 7) is 6.22. The molecule has 0 heterocycles. The lowest BCUT2D eigenvalue weighted by atomic mass is 10.1. The third kappa shape index (κ3) is 7.78. The van der Waals surface area contributed by atoms with E-state index in [2.05, 4.69) is 21.3 Å². The Bertz CT molecular complexity index is 1140. The van der Waals surface area contributed by atoms with Crippen molar-refractivity contribution in [2.24, 2.45) is 0 Å². The molecule has 176 valence electrons. The summed E-state index contributed by atoms with van der Waals surface area (Å²) in [5, 5.41) is 11.6. The molecule has 3 amide bonds. The molecule has 0 fully saturated rings. The molecule has 0 spiro atoms. The van der Waals surface area contributed by atoms with Gasteiger partial charge in [0.25, 0.3) is 11.8 Å². The minimum absolute atomic E-state index is 0.0396. The van der Waals surface area contributed by atoms with Gasteiger partial charge in [0, 0.05) is 34.6 Å². The molecule has 0 aromatic heterocycles. The van der Waals surface area contributed by atoms with Gasteiger partial charge >= 0.3 is 0 Å². The van der Waals surface area contributed by atoms with Crippen LogP contribution in [0.15, 0.2) is 78.9 Å². The van der Waals surface area contributed by atoms with Crippen molar-refractivity contribution in [3.8, 4) is 0 Å². The van der Waals surface area contributed by atoms with Crippen LogP contribution in [0.5, 0.6) is 0 Å². The second-order valence-electron chi connectivity index (χ2n) is 8.93. The average molecular weight is 459 g/mol. The Labute approximate surface area is 200 Å². The van der Waals surface area contributed by atoms with Crippen LogP contribution >= 0.6 is 0 Å². The molecule has 0 saturated carbocycles. The molecule has 0 bridgehead atoms. The van der Waals surface area contributed by atoms with Crippen LogP contribution in [0.1, 0.15) is 47.1 Å². The second kappa shape index (κ2) is 11.1. The lowest BCUT2D eigenvalue weighted by Gasteiger charge is -2.20. The van der Waals surface area contributed by atoms with E-state index in [1.807, 2.05) is 51.1 Å². The predicted octanol–water partition coefficient (Wildman–Crippen LogP) is 4.20. The van der Waals surface area contributed by atoms with Crippen molar-refractivity contribution in [3.63, 3.8) is 0 Å². The van der Waals surface area contributed by atoms with Gasteiger partial charge in [-0.05, 0) is 68.8 Å². The number of benzene rings is 3. The van der Waals surface area contributed by atoms with Crippen molar-refractivity contribution in [1.82, 2.24) is 10.6 Å². The lowest BCUT2D eigenvalue weighted by Crippen LogP contribution is -2.40. The van der Waals surface area contributed by atoms with Crippen LogP contribution < -0.4 is 21.3 Å². The third-order valence-corrected chi connectivity index (χ3v) is 4.79. The highest BCUT2D eigenvalue weighted by Gasteiger charge is 2.15. The Morgan fingerprint density at radius 1 is 0.735 bits per heavy atom. The first-order valence-corrected chi connectivity index (χ1v) is 11.1. The summed E-state index contributed by atoms with van der Waals surface area (Å²) >= 11 is 0. The maximum absolute atomic E-state index is 12.4. The molecule has 0 atom stereocenters. The van der Waals surface area contributed by atoms with Gasteiger partial charge in [-0.1, -0.05) is 36.4 Å². The number of nitrogens with one attached hydrogen (secondary N) is 4. The highest BCUT2D eigenvalue weighted by molar-refractivity contribution is 5.98. The molecule has 7 heteroatoms. The van der Waals surface area contributed by atoms with Gasteiger partial charge in [0.1, 0.15) is 0 Å². The van der Waals surface area contributed by atoms with Crippen molar-refractivity contribution in [3.05, 3.63) is 95.6 Å². The van der Waals surface area contributed by atoms with Gasteiger partial charge in [0.15, 0.2) is 0 Å². The van der Waals surface area contributed by atoms with E-state index < -0.39 is 0 Å². The van der Waals surface area contributed by atoms with Crippen LogP contribution in [0.2, 0.25) is 0 Å². The second-order valence-corrected chi connectivity index (χ2v) is 8.93. The topological polar surface area (TPSA) is 99.3 Å². The number of rotatable bonds is 8.